The number of nitrogens with one attached hydrogen (secondary N) is 1. The smallest absolute Gasteiger partial charge is 0.224 e. The van der Waals surface area contributed by atoms with Gasteiger partial charge in [0.25, 0.3) is 0 Å². The van der Waals surface area contributed by atoms with Crippen LogP contribution in [0.25, 0.3) is 0 Å². The van der Waals surface area contributed by atoms with Gasteiger partial charge in [0.15, 0.2) is 0 Å². The maximum atomic E-state index is 12.0. The number of amides is 1. The standard InChI is InChI=1S/C17H27NO2/c1-4-6-9-14(5-2)13-18-17(19)12-15-10-7-8-11-16(15)20-3/h7-8,10-11,14H,4-6,9,12-13H2,1-3H3,(H,18,19)/t14-/m1/s1. The predicted octanol–water partition coefficient (Wildman–Crippen LogP) is 3.57. The van der Waals surface area contributed by atoms with Crippen molar-refractivity contribution in [2.45, 2.75) is 46.0 Å². The van der Waals surface area contributed by atoms with E-state index in [1.165, 1.54) is 19.3 Å². The molecule has 0 heterocycles. The minimum absolute atomic E-state index is 0.0736. The third kappa shape index (κ3) is 5.64. The summed E-state index contributed by atoms with van der Waals surface area (Å²) in [7, 11) is 1.63. The van der Waals surface area contributed by atoms with Gasteiger partial charge in [0.05, 0.1) is 13.5 Å². The number of carbonyl (C=O) groups excluding carboxylic acids is 1. The van der Waals surface area contributed by atoms with Crippen molar-refractivity contribution in [3.63, 3.8) is 0 Å². The molecule has 0 aliphatic heterocycles. The summed E-state index contributed by atoms with van der Waals surface area (Å²) in [5.41, 5.74) is 0.939. The van der Waals surface area contributed by atoms with E-state index in [2.05, 4.69) is 19.2 Å². The second kappa shape index (κ2) is 9.40. The summed E-state index contributed by atoms with van der Waals surface area (Å²) in [6, 6.07) is 7.67. The number of unbranched alkanes of at least 4 members (excludes halogenated alkanes) is 1. The Labute approximate surface area is 122 Å². The molecule has 20 heavy (non-hydrogen) atoms. The molecule has 1 aromatic rings. The molecule has 1 atom stereocenters. The van der Waals surface area contributed by atoms with Crippen molar-refractivity contribution >= 4 is 5.91 Å². The van der Waals surface area contributed by atoms with Crippen LogP contribution in [-0.2, 0) is 11.2 Å². The molecule has 0 radical (unpaired) electrons. The lowest BCUT2D eigenvalue weighted by molar-refractivity contribution is -0.120. The molecule has 1 rings (SSSR count). The Morgan fingerprint density at radius 3 is 2.70 bits per heavy atom. The van der Waals surface area contributed by atoms with Gasteiger partial charge in [-0.15, -0.1) is 0 Å². The second-order valence-electron chi connectivity index (χ2n) is 5.21. The number of rotatable bonds is 9. The third-order valence-corrected chi connectivity index (χ3v) is 3.67. The van der Waals surface area contributed by atoms with E-state index in [1.807, 2.05) is 24.3 Å². The Hall–Kier alpha value is -1.51. The first kappa shape index (κ1) is 16.5. The first-order valence-corrected chi connectivity index (χ1v) is 7.59. The van der Waals surface area contributed by atoms with Crippen LogP contribution in [-0.4, -0.2) is 19.6 Å². The van der Waals surface area contributed by atoms with E-state index in [-0.39, 0.29) is 5.91 Å². The van der Waals surface area contributed by atoms with Gasteiger partial charge in [-0.2, -0.15) is 0 Å². The number of carbonyl (C=O) groups is 1. The SMILES string of the molecule is CCCC[C@@H](CC)CNC(=O)Cc1ccccc1OC. The van der Waals surface area contributed by atoms with Crippen molar-refractivity contribution in [3.05, 3.63) is 29.8 Å². The van der Waals surface area contributed by atoms with Gasteiger partial charge in [0, 0.05) is 12.1 Å². The van der Waals surface area contributed by atoms with E-state index >= 15 is 0 Å². The summed E-state index contributed by atoms with van der Waals surface area (Å²) in [4.78, 5) is 12.0. The monoisotopic (exact) mass is 277 g/mol. The van der Waals surface area contributed by atoms with Crippen molar-refractivity contribution in [1.29, 1.82) is 0 Å². The lowest BCUT2D eigenvalue weighted by atomic mass is 9.99. The van der Waals surface area contributed by atoms with E-state index in [0.29, 0.717) is 12.3 Å². The fourth-order valence-electron chi connectivity index (χ4n) is 2.29. The molecule has 0 unspecified atom stereocenters. The number of methoxy groups -OCH3 is 1. The van der Waals surface area contributed by atoms with Gasteiger partial charge >= 0.3 is 0 Å². The van der Waals surface area contributed by atoms with E-state index in [0.717, 1.165) is 24.3 Å². The van der Waals surface area contributed by atoms with Crippen LogP contribution in [0.3, 0.4) is 0 Å². The average Bonchev–Trinajstić information content (AvgIpc) is 2.48. The van der Waals surface area contributed by atoms with Crippen LogP contribution in [0.1, 0.15) is 45.1 Å². The predicted molar refractivity (Wildman–Crippen MR) is 83.0 cm³/mol. The van der Waals surface area contributed by atoms with Crippen molar-refractivity contribution in [2.75, 3.05) is 13.7 Å². The van der Waals surface area contributed by atoms with Gasteiger partial charge < -0.3 is 10.1 Å². The average molecular weight is 277 g/mol. The summed E-state index contributed by atoms with van der Waals surface area (Å²) in [6.07, 6.45) is 5.15. The molecule has 112 valence electrons. The number of hydrogen-bond donors (Lipinski definition) is 1. The molecule has 1 aromatic carbocycles. The van der Waals surface area contributed by atoms with E-state index in [4.69, 9.17) is 4.74 Å². The molecule has 0 fully saturated rings. The fourth-order valence-corrected chi connectivity index (χ4v) is 2.29. The van der Waals surface area contributed by atoms with Crippen LogP contribution in [0.5, 0.6) is 5.75 Å². The summed E-state index contributed by atoms with van der Waals surface area (Å²) in [5.74, 6) is 1.45. The van der Waals surface area contributed by atoms with Crippen LogP contribution in [0.15, 0.2) is 24.3 Å². The number of para-hydroxylation sites is 1. The zero-order valence-electron chi connectivity index (χ0n) is 12.9. The molecule has 3 nitrogen and oxygen atoms in total. The highest BCUT2D eigenvalue weighted by atomic mass is 16.5. The molecule has 1 amide bonds. The zero-order valence-corrected chi connectivity index (χ0v) is 12.9. The van der Waals surface area contributed by atoms with Gasteiger partial charge in [-0.05, 0) is 18.4 Å². The minimum Gasteiger partial charge on any atom is -0.496 e. The maximum Gasteiger partial charge on any atom is 0.224 e. The highest BCUT2D eigenvalue weighted by molar-refractivity contribution is 5.79. The highest BCUT2D eigenvalue weighted by Gasteiger charge is 2.10. The lowest BCUT2D eigenvalue weighted by Gasteiger charge is -2.15. The quantitative estimate of drug-likeness (QED) is 0.749. The van der Waals surface area contributed by atoms with E-state index < -0.39 is 0 Å². The Kier molecular flexibility index (Phi) is 7.78. The van der Waals surface area contributed by atoms with Gasteiger partial charge in [-0.1, -0.05) is 51.3 Å². The molecule has 1 N–H and O–H groups in total. The van der Waals surface area contributed by atoms with Gasteiger partial charge in [-0.3, -0.25) is 4.79 Å². The molecular formula is C17H27NO2. The van der Waals surface area contributed by atoms with Crippen molar-refractivity contribution in [1.82, 2.24) is 5.32 Å². The summed E-state index contributed by atoms with van der Waals surface area (Å²) >= 11 is 0. The van der Waals surface area contributed by atoms with Crippen molar-refractivity contribution in [2.24, 2.45) is 5.92 Å². The maximum absolute atomic E-state index is 12.0. The van der Waals surface area contributed by atoms with Crippen LogP contribution in [0, 0.1) is 5.92 Å². The first-order valence-electron chi connectivity index (χ1n) is 7.59. The van der Waals surface area contributed by atoms with E-state index in [1.54, 1.807) is 7.11 Å². The molecular weight excluding hydrogens is 250 g/mol. The Bertz CT molecular complexity index is 404. The van der Waals surface area contributed by atoms with Crippen molar-refractivity contribution in [3.8, 4) is 5.75 Å². The highest BCUT2D eigenvalue weighted by Crippen LogP contribution is 2.17. The molecule has 0 aliphatic carbocycles. The Morgan fingerprint density at radius 1 is 1.30 bits per heavy atom. The largest absolute Gasteiger partial charge is 0.496 e. The van der Waals surface area contributed by atoms with Gasteiger partial charge in [0.1, 0.15) is 5.75 Å². The van der Waals surface area contributed by atoms with Crippen molar-refractivity contribution < 1.29 is 9.53 Å². The number of benzene rings is 1. The van der Waals surface area contributed by atoms with Crippen LogP contribution >= 0.6 is 0 Å². The zero-order chi connectivity index (χ0) is 14.8. The molecule has 0 saturated heterocycles. The molecule has 0 bridgehead atoms. The second-order valence-corrected chi connectivity index (χ2v) is 5.21. The van der Waals surface area contributed by atoms with Crippen LogP contribution in [0.4, 0.5) is 0 Å². The summed E-state index contributed by atoms with van der Waals surface area (Å²) < 4.78 is 5.27. The molecule has 0 saturated carbocycles. The Morgan fingerprint density at radius 2 is 2.05 bits per heavy atom. The molecule has 0 aliphatic rings. The lowest BCUT2D eigenvalue weighted by Crippen LogP contribution is -2.30. The summed E-state index contributed by atoms with van der Waals surface area (Å²) in [6.45, 7) is 5.17. The van der Waals surface area contributed by atoms with Crippen LogP contribution < -0.4 is 10.1 Å². The minimum atomic E-state index is 0.0736. The molecule has 0 spiro atoms. The topological polar surface area (TPSA) is 38.3 Å². The normalized spacial score (nSPS) is 11.9. The molecule has 3 heteroatoms. The van der Waals surface area contributed by atoms with Gasteiger partial charge in [0.2, 0.25) is 5.91 Å². The summed E-state index contributed by atoms with van der Waals surface area (Å²) in [5, 5.41) is 3.05. The van der Waals surface area contributed by atoms with E-state index in [9.17, 15) is 4.79 Å². The Balaban J connectivity index is 2.43. The fraction of sp³-hybridized carbons (Fsp3) is 0.588. The van der Waals surface area contributed by atoms with Gasteiger partial charge in [-0.25, -0.2) is 0 Å². The van der Waals surface area contributed by atoms with Crippen LogP contribution in [0.2, 0.25) is 0 Å². The number of ether oxygens (including phenoxy) is 1. The third-order valence-electron chi connectivity index (χ3n) is 3.67. The number of hydrogen-bond acceptors (Lipinski definition) is 2. The molecule has 0 aromatic heterocycles. The first-order chi connectivity index (χ1) is 9.71.